The minimum atomic E-state index is 0.288. The molecular formula is C27H34N2O. The normalized spacial score (nSPS) is 28.5. The standard InChI is InChI=1S/C27H34N2O/c30-27-25(19-9-3-1-4-10-19)23(21-13-7-15-28-17-21)24(22-14-8-16-29-18-22)26(27)20-11-5-2-6-12-20/h1,3-4,7,9-10,13,20-22,28-29H,2,5-6,8,11-12,14-18H2. The first-order valence-electron chi connectivity index (χ1n) is 12.0. The van der Waals surface area contributed by atoms with Crippen LogP contribution in [-0.2, 0) is 4.79 Å². The summed E-state index contributed by atoms with van der Waals surface area (Å²) >= 11 is 0. The quantitative estimate of drug-likeness (QED) is 0.719. The summed E-state index contributed by atoms with van der Waals surface area (Å²) in [6.45, 7) is 3.97. The third-order valence-electron chi connectivity index (χ3n) is 7.47. The monoisotopic (exact) mass is 402 g/mol. The second-order valence-corrected chi connectivity index (χ2v) is 9.38. The first kappa shape index (κ1) is 20.0. The smallest absolute Gasteiger partial charge is 0.190 e. The molecule has 158 valence electrons. The lowest BCUT2D eigenvalue weighted by Gasteiger charge is -2.32. The van der Waals surface area contributed by atoms with Crippen molar-refractivity contribution in [1.29, 1.82) is 0 Å². The molecule has 2 N–H and O–H groups in total. The minimum Gasteiger partial charge on any atom is -0.316 e. The average Bonchev–Trinajstić information content (AvgIpc) is 3.14. The topological polar surface area (TPSA) is 41.1 Å². The van der Waals surface area contributed by atoms with Crippen LogP contribution in [0.2, 0.25) is 0 Å². The van der Waals surface area contributed by atoms with E-state index in [-0.39, 0.29) is 5.92 Å². The molecule has 2 heterocycles. The van der Waals surface area contributed by atoms with E-state index in [0.717, 1.165) is 37.3 Å². The van der Waals surface area contributed by atoms with Gasteiger partial charge in [0.15, 0.2) is 5.78 Å². The maximum atomic E-state index is 14.1. The van der Waals surface area contributed by atoms with Crippen LogP contribution < -0.4 is 10.6 Å². The van der Waals surface area contributed by atoms with Crippen molar-refractivity contribution in [3.63, 3.8) is 0 Å². The molecule has 0 bridgehead atoms. The lowest BCUT2D eigenvalue weighted by Crippen LogP contribution is -2.34. The van der Waals surface area contributed by atoms with Gasteiger partial charge in [0.2, 0.25) is 0 Å². The predicted molar refractivity (Wildman–Crippen MR) is 123 cm³/mol. The first-order chi connectivity index (χ1) is 14.8. The van der Waals surface area contributed by atoms with Gasteiger partial charge in [-0.25, -0.2) is 0 Å². The van der Waals surface area contributed by atoms with Gasteiger partial charge in [-0.2, -0.15) is 0 Å². The maximum absolute atomic E-state index is 14.1. The summed E-state index contributed by atoms with van der Waals surface area (Å²) in [4.78, 5) is 14.1. The van der Waals surface area contributed by atoms with Gasteiger partial charge < -0.3 is 10.6 Å². The first-order valence-corrected chi connectivity index (χ1v) is 12.0. The predicted octanol–water partition coefficient (Wildman–Crippen LogP) is 4.68. The Morgan fingerprint density at radius 3 is 2.27 bits per heavy atom. The van der Waals surface area contributed by atoms with E-state index in [0.29, 0.717) is 17.6 Å². The Morgan fingerprint density at radius 2 is 1.57 bits per heavy atom. The third kappa shape index (κ3) is 3.74. The molecule has 4 aliphatic rings. The molecule has 2 unspecified atom stereocenters. The molecule has 0 aromatic heterocycles. The van der Waals surface area contributed by atoms with Crippen LogP contribution in [0.3, 0.4) is 0 Å². The zero-order valence-corrected chi connectivity index (χ0v) is 18.0. The molecule has 2 atom stereocenters. The maximum Gasteiger partial charge on any atom is 0.190 e. The fourth-order valence-electron chi connectivity index (χ4n) is 6.09. The molecule has 0 spiro atoms. The number of carbonyl (C=O) groups is 1. The number of hydrogen-bond donors (Lipinski definition) is 2. The third-order valence-corrected chi connectivity index (χ3v) is 7.47. The van der Waals surface area contributed by atoms with Gasteiger partial charge in [-0.1, -0.05) is 61.7 Å². The van der Waals surface area contributed by atoms with E-state index in [1.165, 1.54) is 61.7 Å². The highest BCUT2D eigenvalue weighted by molar-refractivity contribution is 6.33. The minimum absolute atomic E-state index is 0.288. The molecule has 3 heteroatoms. The Bertz CT molecular complexity index is 867. The van der Waals surface area contributed by atoms with Crippen molar-refractivity contribution in [2.24, 2.45) is 17.8 Å². The number of ketones is 1. The van der Waals surface area contributed by atoms with Gasteiger partial charge in [0.05, 0.1) is 0 Å². The molecule has 1 saturated carbocycles. The highest BCUT2D eigenvalue weighted by Gasteiger charge is 2.42. The second-order valence-electron chi connectivity index (χ2n) is 9.38. The zero-order chi connectivity index (χ0) is 20.3. The number of rotatable bonds is 4. The van der Waals surface area contributed by atoms with Gasteiger partial charge in [0, 0.05) is 36.7 Å². The Morgan fingerprint density at radius 1 is 0.767 bits per heavy atom. The van der Waals surface area contributed by atoms with Gasteiger partial charge in [0.25, 0.3) is 0 Å². The lowest BCUT2D eigenvalue weighted by molar-refractivity contribution is -0.111. The molecule has 1 aromatic rings. The van der Waals surface area contributed by atoms with Crippen LogP contribution >= 0.6 is 0 Å². The highest BCUT2D eigenvalue weighted by atomic mass is 16.1. The fourth-order valence-corrected chi connectivity index (χ4v) is 6.09. The Balaban J connectivity index is 1.68. The van der Waals surface area contributed by atoms with Crippen molar-refractivity contribution in [3.8, 4) is 0 Å². The van der Waals surface area contributed by atoms with Crippen LogP contribution in [0.5, 0.6) is 0 Å². The Hall–Kier alpha value is -1.97. The van der Waals surface area contributed by atoms with Gasteiger partial charge in [-0.15, -0.1) is 0 Å². The number of piperidine rings is 1. The number of allylic oxidation sites excluding steroid dienone is 2. The molecule has 2 fully saturated rings. The largest absolute Gasteiger partial charge is 0.316 e. The number of hydrogen-bond acceptors (Lipinski definition) is 3. The van der Waals surface area contributed by atoms with Crippen LogP contribution in [0, 0.1) is 17.8 Å². The molecule has 30 heavy (non-hydrogen) atoms. The van der Waals surface area contributed by atoms with Crippen molar-refractivity contribution in [1.82, 2.24) is 10.6 Å². The van der Waals surface area contributed by atoms with Gasteiger partial charge in [-0.05, 0) is 60.8 Å². The molecule has 5 rings (SSSR count). The van der Waals surface area contributed by atoms with E-state index in [1.54, 1.807) is 0 Å². The number of benzene rings is 1. The highest BCUT2D eigenvalue weighted by Crippen LogP contribution is 2.49. The average molecular weight is 403 g/mol. The van der Waals surface area contributed by atoms with Crippen molar-refractivity contribution in [2.75, 3.05) is 26.2 Å². The molecule has 2 aliphatic heterocycles. The fraction of sp³-hybridized carbons (Fsp3) is 0.519. The van der Waals surface area contributed by atoms with Crippen LogP contribution in [0.15, 0.2) is 59.2 Å². The SMILES string of the molecule is O=C1C(c2ccccc2)=C(C2C=CCNC2)C(C2CCCNC2)=C1C1CCCCC1. The van der Waals surface area contributed by atoms with Gasteiger partial charge >= 0.3 is 0 Å². The molecule has 2 aliphatic carbocycles. The van der Waals surface area contributed by atoms with E-state index in [4.69, 9.17) is 0 Å². The number of nitrogens with one attached hydrogen (secondary N) is 2. The van der Waals surface area contributed by atoms with Crippen molar-refractivity contribution >= 4 is 11.4 Å². The molecule has 3 nitrogen and oxygen atoms in total. The molecule has 1 aromatic carbocycles. The van der Waals surface area contributed by atoms with Crippen LogP contribution in [0.4, 0.5) is 0 Å². The molecule has 1 saturated heterocycles. The second kappa shape index (κ2) is 9.03. The van der Waals surface area contributed by atoms with E-state index in [9.17, 15) is 4.79 Å². The summed E-state index contributed by atoms with van der Waals surface area (Å²) in [5.41, 5.74) is 6.05. The number of carbonyl (C=O) groups excluding carboxylic acids is 1. The molecular weight excluding hydrogens is 368 g/mol. The van der Waals surface area contributed by atoms with E-state index in [2.05, 4.69) is 47.1 Å². The van der Waals surface area contributed by atoms with E-state index < -0.39 is 0 Å². The molecule has 0 radical (unpaired) electrons. The van der Waals surface area contributed by atoms with Crippen LogP contribution in [0.1, 0.15) is 50.5 Å². The lowest BCUT2D eigenvalue weighted by atomic mass is 9.75. The summed E-state index contributed by atoms with van der Waals surface area (Å²) in [5.74, 6) is 1.53. The zero-order valence-electron chi connectivity index (χ0n) is 18.0. The van der Waals surface area contributed by atoms with Gasteiger partial charge in [0.1, 0.15) is 0 Å². The van der Waals surface area contributed by atoms with Crippen LogP contribution in [0.25, 0.3) is 5.57 Å². The Labute approximate surface area is 180 Å². The van der Waals surface area contributed by atoms with Crippen molar-refractivity contribution in [3.05, 3.63) is 64.8 Å². The molecule has 0 amide bonds. The Kier molecular flexibility index (Phi) is 6.01. The van der Waals surface area contributed by atoms with E-state index >= 15 is 0 Å². The van der Waals surface area contributed by atoms with Gasteiger partial charge in [-0.3, -0.25) is 4.79 Å². The summed E-state index contributed by atoms with van der Waals surface area (Å²) in [5, 5.41) is 7.17. The summed E-state index contributed by atoms with van der Waals surface area (Å²) in [7, 11) is 0. The van der Waals surface area contributed by atoms with E-state index in [1.807, 2.05) is 6.07 Å². The number of Topliss-reactive ketones (excluding diaryl/α,β-unsaturated/α-hetero) is 1. The summed E-state index contributed by atoms with van der Waals surface area (Å²) in [6.07, 6.45) is 13.2. The van der Waals surface area contributed by atoms with Crippen LogP contribution in [-0.4, -0.2) is 32.0 Å². The van der Waals surface area contributed by atoms with Crippen molar-refractivity contribution in [2.45, 2.75) is 44.9 Å². The summed E-state index contributed by atoms with van der Waals surface area (Å²) in [6, 6.07) is 10.5. The summed E-state index contributed by atoms with van der Waals surface area (Å²) < 4.78 is 0. The van der Waals surface area contributed by atoms with Crippen molar-refractivity contribution < 1.29 is 4.79 Å².